The summed E-state index contributed by atoms with van der Waals surface area (Å²) in [5.74, 6) is 0.773. The van der Waals surface area contributed by atoms with Crippen LogP contribution in [0.15, 0.2) is 18.2 Å². The van der Waals surface area contributed by atoms with Crippen LogP contribution in [0.4, 0.5) is 5.69 Å². The van der Waals surface area contributed by atoms with E-state index in [1.807, 2.05) is 25.1 Å². The van der Waals surface area contributed by atoms with Crippen LogP contribution in [-0.2, 0) is 11.3 Å². The monoisotopic (exact) mass is 305 g/mol. The van der Waals surface area contributed by atoms with Crippen molar-refractivity contribution in [1.82, 2.24) is 0 Å². The molecule has 0 aromatic heterocycles. The Balaban J connectivity index is 1.69. The summed E-state index contributed by atoms with van der Waals surface area (Å²) in [6.07, 6.45) is 5.34. The topological polar surface area (TPSA) is 50.7 Å². The second kappa shape index (κ2) is 6.47. The Bertz CT molecular complexity index is 513. The van der Waals surface area contributed by atoms with E-state index in [1.165, 1.54) is 19.3 Å². The number of hydrogen-bond donors (Lipinski definition) is 2. The minimum atomic E-state index is 0.00222. The SMILES string of the molecule is CCOc1ccc(NC2CC(OCC)C23CCC3)cc1CO. The Hall–Kier alpha value is -1.26. The Morgan fingerprint density at radius 1 is 1.27 bits per heavy atom. The summed E-state index contributed by atoms with van der Waals surface area (Å²) in [5, 5.41) is 13.2. The summed E-state index contributed by atoms with van der Waals surface area (Å²) in [6, 6.07) is 6.49. The second-order valence-electron chi connectivity index (χ2n) is 6.38. The fourth-order valence-electron chi connectivity index (χ4n) is 3.93. The molecule has 2 unspecified atom stereocenters. The van der Waals surface area contributed by atoms with Crippen molar-refractivity contribution in [3.8, 4) is 5.75 Å². The number of hydrogen-bond acceptors (Lipinski definition) is 4. The molecule has 2 N–H and O–H groups in total. The maximum atomic E-state index is 9.52. The van der Waals surface area contributed by atoms with E-state index in [-0.39, 0.29) is 6.61 Å². The van der Waals surface area contributed by atoms with Crippen LogP contribution < -0.4 is 10.1 Å². The molecule has 2 fully saturated rings. The Labute approximate surface area is 132 Å². The number of benzene rings is 1. The summed E-state index contributed by atoms with van der Waals surface area (Å²) >= 11 is 0. The van der Waals surface area contributed by atoms with E-state index in [2.05, 4.69) is 12.2 Å². The summed E-state index contributed by atoms with van der Waals surface area (Å²) in [6.45, 7) is 5.45. The largest absolute Gasteiger partial charge is 0.494 e. The van der Waals surface area contributed by atoms with Gasteiger partial charge in [0.1, 0.15) is 5.75 Å². The van der Waals surface area contributed by atoms with Crippen LogP contribution in [0.1, 0.15) is 45.1 Å². The summed E-state index contributed by atoms with van der Waals surface area (Å²) in [5.41, 5.74) is 2.25. The number of ether oxygens (including phenoxy) is 2. The quantitative estimate of drug-likeness (QED) is 0.811. The Kier molecular flexibility index (Phi) is 4.59. The molecule has 1 spiro atoms. The lowest BCUT2D eigenvalue weighted by Gasteiger charge is -2.61. The first kappa shape index (κ1) is 15.6. The van der Waals surface area contributed by atoms with Gasteiger partial charge in [-0.05, 0) is 51.3 Å². The standard InChI is InChI=1S/C18H27NO3/c1-3-21-15-7-6-14(10-13(15)12-20)19-16-11-17(22-4-2)18(16)8-5-9-18/h6-7,10,16-17,19-20H,3-5,8-9,11-12H2,1-2H3. The van der Waals surface area contributed by atoms with Gasteiger partial charge in [0.2, 0.25) is 0 Å². The van der Waals surface area contributed by atoms with Crippen molar-refractivity contribution in [2.24, 2.45) is 5.41 Å². The average molecular weight is 305 g/mol. The summed E-state index contributed by atoms with van der Waals surface area (Å²) in [4.78, 5) is 0. The van der Waals surface area contributed by atoms with Crippen LogP contribution in [0, 0.1) is 5.41 Å². The molecule has 1 aromatic carbocycles. The van der Waals surface area contributed by atoms with Crippen LogP contribution >= 0.6 is 0 Å². The highest BCUT2D eigenvalue weighted by Gasteiger charge is 2.58. The van der Waals surface area contributed by atoms with E-state index < -0.39 is 0 Å². The van der Waals surface area contributed by atoms with Crippen LogP contribution in [0.25, 0.3) is 0 Å². The minimum absolute atomic E-state index is 0.00222. The van der Waals surface area contributed by atoms with Gasteiger partial charge in [-0.15, -0.1) is 0 Å². The maximum absolute atomic E-state index is 9.52. The lowest BCUT2D eigenvalue weighted by molar-refractivity contribution is -0.157. The molecular formula is C18H27NO3. The zero-order chi connectivity index (χ0) is 15.6. The van der Waals surface area contributed by atoms with Crippen molar-refractivity contribution >= 4 is 5.69 Å². The molecule has 0 bridgehead atoms. The maximum Gasteiger partial charge on any atom is 0.124 e. The van der Waals surface area contributed by atoms with Crippen molar-refractivity contribution in [3.05, 3.63) is 23.8 Å². The molecule has 2 aliphatic rings. The van der Waals surface area contributed by atoms with Gasteiger partial charge in [-0.1, -0.05) is 6.42 Å². The Morgan fingerprint density at radius 2 is 2.09 bits per heavy atom. The van der Waals surface area contributed by atoms with E-state index in [0.29, 0.717) is 24.2 Å². The van der Waals surface area contributed by atoms with Gasteiger partial charge in [0.05, 0.1) is 19.3 Å². The molecule has 4 heteroatoms. The van der Waals surface area contributed by atoms with Gasteiger partial charge in [0, 0.05) is 29.3 Å². The van der Waals surface area contributed by atoms with Gasteiger partial charge in [-0.25, -0.2) is 0 Å². The first-order chi connectivity index (χ1) is 10.7. The van der Waals surface area contributed by atoms with E-state index in [0.717, 1.165) is 30.0 Å². The molecular weight excluding hydrogens is 278 g/mol. The molecule has 0 radical (unpaired) electrons. The molecule has 0 saturated heterocycles. The highest BCUT2D eigenvalue weighted by Crippen LogP contribution is 2.58. The molecule has 1 aromatic rings. The fraction of sp³-hybridized carbons (Fsp3) is 0.667. The summed E-state index contributed by atoms with van der Waals surface area (Å²) in [7, 11) is 0. The molecule has 0 aliphatic heterocycles. The minimum Gasteiger partial charge on any atom is -0.494 e. The smallest absolute Gasteiger partial charge is 0.124 e. The average Bonchev–Trinajstić information content (AvgIpc) is 2.46. The van der Waals surface area contributed by atoms with E-state index in [4.69, 9.17) is 9.47 Å². The fourth-order valence-corrected chi connectivity index (χ4v) is 3.93. The molecule has 0 heterocycles. The van der Waals surface area contributed by atoms with Gasteiger partial charge >= 0.3 is 0 Å². The normalized spacial score (nSPS) is 25.4. The number of anilines is 1. The second-order valence-corrected chi connectivity index (χ2v) is 6.38. The van der Waals surface area contributed by atoms with Crippen LogP contribution in [-0.4, -0.2) is 30.5 Å². The number of aliphatic hydroxyl groups is 1. The van der Waals surface area contributed by atoms with Crippen LogP contribution in [0.5, 0.6) is 5.75 Å². The first-order valence-electron chi connectivity index (χ1n) is 8.48. The van der Waals surface area contributed by atoms with Crippen LogP contribution in [0.3, 0.4) is 0 Å². The zero-order valence-electron chi connectivity index (χ0n) is 13.6. The van der Waals surface area contributed by atoms with Gasteiger partial charge in [-0.3, -0.25) is 0 Å². The third-order valence-corrected chi connectivity index (χ3v) is 5.31. The highest BCUT2D eigenvalue weighted by molar-refractivity contribution is 5.52. The molecule has 22 heavy (non-hydrogen) atoms. The van der Waals surface area contributed by atoms with Gasteiger partial charge in [-0.2, -0.15) is 0 Å². The van der Waals surface area contributed by atoms with E-state index >= 15 is 0 Å². The molecule has 2 atom stereocenters. The van der Waals surface area contributed by atoms with Crippen molar-refractivity contribution < 1.29 is 14.6 Å². The Morgan fingerprint density at radius 3 is 2.68 bits per heavy atom. The lowest BCUT2D eigenvalue weighted by Crippen LogP contribution is -2.64. The molecule has 2 saturated carbocycles. The molecule has 0 amide bonds. The predicted molar refractivity (Wildman–Crippen MR) is 87.3 cm³/mol. The van der Waals surface area contributed by atoms with Crippen molar-refractivity contribution in [1.29, 1.82) is 0 Å². The molecule has 2 aliphatic carbocycles. The third-order valence-electron chi connectivity index (χ3n) is 5.31. The van der Waals surface area contributed by atoms with Gasteiger partial charge in [0.15, 0.2) is 0 Å². The zero-order valence-corrected chi connectivity index (χ0v) is 13.6. The van der Waals surface area contributed by atoms with Gasteiger partial charge in [0.25, 0.3) is 0 Å². The first-order valence-corrected chi connectivity index (χ1v) is 8.48. The van der Waals surface area contributed by atoms with Gasteiger partial charge < -0.3 is 19.9 Å². The van der Waals surface area contributed by atoms with Crippen molar-refractivity contribution in [2.45, 2.75) is 58.3 Å². The molecule has 3 rings (SSSR count). The van der Waals surface area contributed by atoms with Crippen molar-refractivity contribution in [2.75, 3.05) is 18.5 Å². The molecule has 4 nitrogen and oxygen atoms in total. The molecule has 122 valence electrons. The van der Waals surface area contributed by atoms with Crippen LogP contribution in [0.2, 0.25) is 0 Å². The number of rotatable bonds is 7. The third kappa shape index (κ3) is 2.59. The summed E-state index contributed by atoms with van der Waals surface area (Å²) < 4.78 is 11.4. The lowest BCUT2D eigenvalue weighted by atomic mass is 9.51. The van der Waals surface area contributed by atoms with Crippen molar-refractivity contribution in [3.63, 3.8) is 0 Å². The van der Waals surface area contributed by atoms with E-state index in [9.17, 15) is 5.11 Å². The predicted octanol–water partition coefficient (Wildman–Crippen LogP) is 3.34. The number of nitrogens with one attached hydrogen (secondary N) is 1. The number of aliphatic hydroxyl groups excluding tert-OH is 1. The highest BCUT2D eigenvalue weighted by atomic mass is 16.5. The van der Waals surface area contributed by atoms with E-state index in [1.54, 1.807) is 0 Å².